The molecule has 0 fully saturated rings. The molecule has 1 heterocycles. The van der Waals surface area contributed by atoms with E-state index in [1.54, 1.807) is 60.7 Å². The summed E-state index contributed by atoms with van der Waals surface area (Å²) in [6.07, 6.45) is 0. The molecule has 0 saturated heterocycles. The lowest BCUT2D eigenvalue weighted by Crippen LogP contribution is -2.32. The first-order valence-electron chi connectivity index (χ1n) is 10.6. The molecule has 0 aromatic heterocycles. The number of aryl methyl sites for hydroxylation is 1. The number of esters is 1. The zero-order chi connectivity index (χ0) is 24.2. The van der Waals surface area contributed by atoms with Crippen molar-refractivity contribution in [1.29, 1.82) is 0 Å². The minimum Gasteiger partial charge on any atom is -0.492 e. The van der Waals surface area contributed by atoms with E-state index in [0.29, 0.717) is 35.0 Å². The molecule has 0 bridgehead atoms. The monoisotopic (exact) mass is 476 g/mol. The summed E-state index contributed by atoms with van der Waals surface area (Å²) in [5.41, 5.74) is 1.89. The van der Waals surface area contributed by atoms with E-state index in [1.807, 2.05) is 26.0 Å². The Labute approximate surface area is 201 Å². The van der Waals surface area contributed by atoms with Crippen LogP contribution in [0, 0.1) is 6.92 Å². The third-order valence-electron chi connectivity index (χ3n) is 5.12. The van der Waals surface area contributed by atoms with Crippen molar-refractivity contribution in [3.8, 4) is 11.5 Å². The van der Waals surface area contributed by atoms with Crippen LogP contribution in [0.15, 0.2) is 83.5 Å². The van der Waals surface area contributed by atoms with Crippen LogP contribution in [0.1, 0.15) is 22.8 Å². The van der Waals surface area contributed by atoms with Crippen LogP contribution in [0.2, 0.25) is 0 Å². The molecule has 0 unspecified atom stereocenters. The van der Waals surface area contributed by atoms with Gasteiger partial charge in [0.1, 0.15) is 22.2 Å². The van der Waals surface area contributed by atoms with Gasteiger partial charge in [-0.05, 0) is 61.9 Å². The number of carbonyl (C=O) groups excluding carboxylic acids is 3. The number of nitrogens with one attached hydrogen (secondary N) is 1. The Kier molecular flexibility index (Phi) is 6.65. The number of rotatable bonds is 7. The normalized spacial score (nSPS) is 13.3. The number of ether oxygens (including phenoxy) is 2. The minimum atomic E-state index is -0.653. The topological polar surface area (TPSA) is 84.9 Å². The van der Waals surface area contributed by atoms with E-state index in [1.165, 1.54) is 0 Å². The maximum absolute atomic E-state index is 13.1. The Morgan fingerprint density at radius 3 is 2.24 bits per heavy atom. The third-order valence-corrected chi connectivity index (χ3v) is 5.47. The Morgan fingerprint density at radius 2 is 1.56 bits per heavy atom. The predicted octanol–water partition coefficient (Wildman–Crippen LogP) is 5.05. The molecule has 2 amide bonds. The minimum absolute atomic E-state index is 0.0618. The van der Waals surface area contributed by atoms with E-state index in [4.69, 9.17) is 21.1 Å². The molecule has 0 saturated carbocycles. The van der Waals surface area contributed by atoms with Gasteiger partial charge in [0.2, 0.25) is 0 Å². The average molecular weight is 477 g/mol. The van der Waals surface area contributed by atoms with E-state index in [-0.39, 0.29) is 10.7 Å². The highest BCUT2D eigenvalue weighted by molar-refractivity contribution is 6.53. The van der Waals surface area contributed by atoms with Gasteiger partial charge < -0.3 is 14.8 Å². The zero-order valence-electron chi connectivity index (χ0n) is 18.5. The summed E-state index contributed by atoms with van der Waals surface area (Å²) < 4.78 is 11.0. The summed E-state index contributed by atoms with van der Waals surface area (Å²) in [5.74, 6) is -0.892. The zero-order valence-corrected chi connectivity index (χ0v) is 19.3. The molecule has 8 heteroatoms. The van der Waals surface area contributed by atoms with Crippen molar-refractivity contribution >= 4 is 40.8 Å². The summed E-state index contributed by atoms with van der Waals surface area (Å²) in [6.45, 7) is 4.03. The van der Waals surface area contributed by atoms with Crippen LogP contribution < -0.4 is 19.7 Å². The van der Waals surface area contributed by atoms with Crippen LogP contribution in [0.3, 0.4) is 0 Å². The number of para-hydroxylation sites is 3. The number of amides is 2. The third kappa shape index (κ3) is 4.51. The molecule has 0 spiro atoms. The summed E-state index contributed by atoms with van der Waals surface area (Å²) in [7, 11) is 0. The number of anilines is 2. The molecule has 7 nitrogen and oxygen atoms in total. The van der Waals surface area contributed by atoms with Crippen molar-refractivity contribution in [3.63, 3.8) is 0 Å². The number of halogens is 1. The fourth-order valence-electron chi connectivity index (χ4n) is 3.41. The highest BCUT2D eigenvalue weighted by atomic mass is 35.5. The van der Waals surface area contributed by atoms with Crippen molar-refractivity contribution < 1.29 is 23.9 Å². The van der Waals surface area contributed by atoms with Crippen molar-refractivity contribution in [2.45, 2.75) is 13.8 Å². The largest absolute Gasteiger partial charge is 0.492 e. The van der Waals surface area contributed by atoms with Crippen molar-refractivity contribution in [2.75, 3.05) is 16.8 Å². The Morgan fingerprint density at radius 1 is 0.912 bits per heavy atom. The van der Waals surface area contributed by atoms with Gasteiger partial charge >= 0.3 is 5.97 Å². The smallest absolute Gasteiger partial charge is 0.343 e. The van der Waals surface area contributed by atoms with Gasteiger partial charge in [-0.3, -0.25) is 9.59 Å². The molecule has 3 aromatic carbocycles. The van der Waals surface area contributed by atoms with Gasteiger partial charge in [0.05, 0.1) is 17.9 Å². The fourth-order valence-corrected chi connectivity index (χ4v) is 3.63. The van der Waals surface area contributed by atoms with E-state index >= 15 is 0 Å². The summed E-state index contributed by atoms with van der Waals surface area (Å²) >= 11 is 6.22. The standard InChI is InChI=1S/C26H21ClN2O5/c1-3-33-21-11-7-5-9-19(21)29-24(30)22(27)23(25(29)31)28-18-14-12-17(13-15-18)26(32)34-20-10-6-4-8-16(20)2/h4-15,28H,3H2,1-2H3. The van der Waals surface area contributed by atoms with Crippen molar-refractivity contribution in [2.24, 2.45) is 0 Å². The molecular weight excluding hydrogens is 456 g/mol. The molecule has 0 aliphatic carbocycles. The first-order valence-corrected chi connectivity index (χ1v) is 10.9. The second-order valence-corrected chi connectivity index (χ2v) is 7.77. The Balaban J connectivity index is 1.51. The molecule has 34 heavy (non-hydrogen) atoms. The van der Waals surface area contributed by atoms with E-state index < -0.39 is 17.8 Å². The van der Waals surface area contributed by atoms with Crippen molar-refractivity contribution in [1.82, 2.24) is 0 Å². The van der Waals surface area contributed by atoms with Crippen LogP contribution >= 0.6 is 11.6 Å². The number of nitrogens with zero attached hydrogens (tertiary/aromatic N) is 1. The Hall–Kier alpha value is -4.10. The summed E-state index contributed by atoms with van der Waals surface area (Å²) in [6, 6.07) is 20.3. The van der Waals surface area contributed by atoms with E-state index in [2.05, 4.69) is 5.32 Å². The second kappa shape index (κ2) is 9.80. The van der Waals surface area contributed by atoms with Gasteiger partial charge in [0, 0.05) is 5.69 Å². The second-order valence-electron chi connectivity index (χ2n) is 7.39. The Bertz CT molecular complexity index is 1300. The fraction of sp³-hybridized carbons (Fsp3) is 0.115. The molecule has 1 aliphatic heterocycles. The molecule has 3 aromatic rings. The van der Waals surface area contributed by atoms with Gasteiger partial charge in [-0.15, -0.1) is 0 Å². The van der Waals surface area contributed by atoms with Gasteiger partial charge in [-0.25, -0.2) is 9.69 Å². The number of benzene rings is 3. The quantitative estimate of drug-likeness (QED) is 0.292. The van der Waals surface area contributed by atoms with Gasteiger partial charge in [-0.2, -0.15) is 0 Å². The van der Waals surface area contributed by atoms with Crippen LogP contribution in [-0.4, -0.2) is 24.4 Å². The molecular formula is C26H21ClN2O5. The SMILES string of the molecule is CCOc1ccccc1N1C(=O)C(Cl)=C(Nc2ccc(C(=O)Oc3ccccc3C)cc2)C1=O. The summed E-state index contributed by atoms with van der Waals surface area (Å²) in [5, 5.41) is 2.65. The maximum Gasteiger partial charge on any atom is 0.343 e. The average Bonchev–Trinajstić information content (AvgIpc) is 3.04. The molecule has 1 N–H and O–H groups in total. The number of imide groups is 1. The molecule has 1 aliphatic rings. The van der Waals surface area contributed by atoms with E-state index in [0.717, 1.165) is 10.5 Å². The highest BCUT2D eigenvalue weighted by Crippen LogP contribution is 2.35. The van der Waals surface area contributed by atoms with Gasteiger partial charge in [0.15, 0.2) is 0 Å². The number of hydrogen-bond donors (Lipinski definition) is 1. The lowest BCUT2D eigenvalue weighted by Gasteiger charge is -2.18. The number of hydrogen-bond acceptors (Lipinski definition) is 6. The van der Waals surface area contributed by atoms with Gasteiger partial charge in [-0.1, -0.05) is 41.9 Å². The van der Waals surface area contributed by atoms with E-state index in [9.17, 15) is 14.4 Å². The van der Waals surface area contributed by atoms with Crippen LogP contribution in [-0.2, 0) is 9.59 Å². The maximum atomic E-state index is 13.1. The molecule has 0 radical (unpaired) electrons. The highest BCUT2D eigenvalue weighted by Gasteiger charge is 2.40. The van der Waals surface area contributed by atoms with Crippen LogP contribution in [0.4, 0.5) is 11.4 Å². The van der Waals surface area contributed by atoms with Crippen LogP contribution in [0.5, 0.6) is 11.5 Å². The van der Waals surface area contributed by atoms with Crippen LogP contribution in [0.25, 0.3) is 0 Å². The lowest BCUT2D eigenvalue weighted by molar-refractivity contribution is -0.120. The first-order chi connectivity index (χ1) is 16.4. The number of carbonyl (C=O) groups is 3. The lowest BCUT2D eigenvalue weighted by atomic mass is 10.2. The first kappa shape index (κ1) is 23.1. The van der Waals surface area contributed by atoms with Crippen molar-refractivity contribution in [3.05, 3.63) is 94.7 Å². The summed E-state index contributed by atoms with van der Waals surface area (Å²) in [4.78, 5) is 39.3. The van der Waals surface area contributed by atoms with Gasteiger partial charge in [0.25, 0.3) is 11.8 Å². The predicted molar refractivity (Wildman–Crippen MR) is 129 cm³/mol. The molecule has 172 valence electrons. The molecule has 0 atom stereocenters. The molecule has 4 rings (SSSR count).